The summed E-state index contributed by atoms with van der Waals surface area (Å²) < 4.78 is 11.1. The summed E-state index contributed by atoms with van der Waals surface area (Å²) in [4.78, 5) is 0. The molecular formula is C9H20OS. The molecule has 0 saturated carbocycles. The lowest BCUT2D eigenvalue weighted by Crippen LogP contribution is -2.18. The van der Waals surface area contributed by atoms with Crippen LogP contribution < -0.4 is 0 Å². The number of rotatable bonds is 5. The molecule has 0 aliphatic rings. The molecule has 0 aliphatic heterocycles. The van der Waals surface area contributed by atoms with Gasteiger partial charge in [-0.1, -0.05) is 33.6 Å². The van der Waals surface area contributed by atoms with E-state index in [1.807, 2.05) is 0 Å². The fraction of sp³-hybridized carbons (Fsp3) is 1.00. The quantitative estimate of drug-likeness (QED) is 0.629. The third-order valence-electron chi connectivity index (χ3n) is 2.34. The summed E-state index contributed by atoms with van der Waals surface area (Å²) in [5.74, 6) is 0.612. The third kappa shape index (κ3) is 4.57. The zero-order chi connectivity index (χ0) is 8.85. The second-order valence-corrected chi connectivity index (χ2v) is 5.06. The SMILES string of the molecule is CCCCC(C)C(C)S(C)=O. The molecule has 0 spiro atoms. The van der Waals surface area contributed by atoms with E-state index in [2.05, 4.69) is 20.8 Å². The van der Waals surface area contributed by atoms with Crippen LogP contribution in [0.4, 0.5) is 0 Å². The van der Waals surface area contributed by atoms with E-state index >= 15 is 0 Å². The van der Waals surface area contributed by atoms with E-state index in [9.17, 15) is 4.21 Å². The van der Waals surface area contributed by atoms with E-state index in [4.69, 9.17) is 0 Å². The average molecular weight is 176 g/mol. The minimum absolute atomic E-state index is 0.363. The average Bonchev–Trinajstić information content (AvgIpc) is 1.98. The molecule has 0 rings (SSSR count). The highest BCUT2D eigenvalue weighted by Gasteiger charge is 2.14. The maximum atomic E-state index is 11.1. The van der Waals surface area contributed by atoms with Crippen LogP contribution in [0.2, 0.25) is 0 Å². The van der Waals surface area contributed by atoms with Crippen molar-refractivity contribution in [3.05, 3.63) is 0 Å². The van der Waals surface area contributed by atoms with Gasteiger partial charge in [-0.15, -0.1) is 0 Å². The van der Waals surface area contributed by atoms with Gasteiger partial charge in [0.25, 0.3) is 0 Å². The maximum absolute atomic E-state index is 11.1. The summed E-state index contributed by atoms with van der Waals surface area (Å²) in [6.07, 6.45) is 5.53. The van der Waals surface area contributed by atoms with Crippen molar-refractivity contribution < 1.29 is 4.21 Å². The van der Waals surface area contributed by atoms with Gasteiger partial charge in [0.2, 0.25) is 0 Å². The smallest absolute Gasteiger partial charge is 0.0342 e. The first-order valence-electron chi connectivity index (χ1n) is 4.41. The lowest BCUT2D eigenvalue weighted by atomic mass is 10.0. The third-order valence-corrected chi connectivity index (χ3v) is 3.85. The molecule has 0 radical (unpaired) electrons. The first kappa shape index (κ1) is 11.2. The summed E-state index contributed by atoms with van der Waals surface area (Å²) in [5, 5.41) is 0.363. The van der Waals surface area contributed by atoms with Gasteiger partial charge in [-0.2, -0.15) is 0 Å². The molecule has 1 nitrogen and oxygen atoms in total. The molecule has 3 unspecified atom stereocenters. The highest BCUT2D eigenvalue weighted by molar-refractivity contribution is 7.84. The number of hydrogen-bond acceptors (Lipinski definition) is 1. The topological polar surface area (TPSA) is 17.1 Å². The summed E-state index contributed by atoms with van der Waals surface area (Å²) in [6.45, 7) is 6.47. The predicted molar refractivity (Wildman–Crippen MR) is 52.2 cm³/mol. The van der Waals surface area contributed by atoms with Gasteiger partial charge in [0, 0.05) is 22.3 Å². The first-order valence-corrected chi connectivity index (χ1v) is 6.04. The lowest BCUT2D eigenvalue weighted by molar-refractivity contribution is 0.494. The fourth-order valence-corrected chi connectivity index (χ4v) is 1.88. The van der Waals surface area contributed by atoms with Crippen molar-refractivity contribution in [1.82, 2.24) is 0 Å². The van der Waals surface area contributed by atoms with E-state index in [1.165, 1.54) is 19.3 Å². The van der Waals surface area contributed by atoms with Crippen molar-refractivity contribution in [3.8, 4) is 0 Å². The Morgan fingerprint density at radius 1 is 1.36 bits per heavy atom. The molecule has 0 fully saturated rings. The Labute approximate surface area is 73.0 Å². The Morgan fingerprint density at radius 3 is 2.27 bits per heavy atom. The van der Waals surface area contributed by atoms with Crippen LogP contribution in [0.5, 0.6) is 0 Å². The Morgan fingerprint density at radius 2 is 1.91 bits per heavy atom. The normalized spacial score (nSPS) is 19.3. The van der Waals surface area contributed by atoms with Gasteiger partial charge in [-0.05, 0) is 12.3 Å². The highest BCUT2D eigenvalue weighted by atomic mass is 32.2. The summed E-state index contributed by atoms with van der Waals surface area (Å²) in [6, 6.07) is 0. The van der Waals surface area contributed by atoms with Crippen molar-refractivity contribution in [3.63, 3.8) is 0 Å². The van der Waals surface area contributed by atoms with Gasteiger partial charge in [-0.25, -0.2) is 0 Å². The summed E-state index contributed by atoms with van der Waals surface area (Å²) in [7, 11) is -0.644. The zero-order valence-corrected chi connectivity index (χ0v) is 8.91. The molecule has 11 heavy (non-hydrogen) atoms. The van der Waals surface area contributed by atoms with Crippen molar-refractivity contribution in [2.45, 2.75) is 45.3 Å². The van der Waals surface area contributed by atoms with Crippen molar-refractivity contribution >= 4 is 10.8 Å². The van der Waals surface area contributed by atoms with Gasteiger partial charge in [0.05, 0.1) is 0 Å². The first-order chi connectivity index (χ1) is 5.09. The Balaban J connectivity index is 3.63. The van der Waals surface area contributed by atoms with Crippen LogP contribution in [-0.2, 0) is 10.8 Å². The molecule has 0 amide bonds. The van der Waals surface area contributed by atoms with Crippen molar-refractivity contribution in [2.75, 3.05) is 6.26 Å². The monoisotopic (exact) mass is 176 g/mol. The Bertz CT molecular complexity index is 123. The highest BCUT2D eigenvalue weighted by Crippen LogP contribution is 2.15. The Hall–Kier alpha value is 0.150. The second kappa shape index (κ2) is 5.76. The maximum Gasteiger partial charge on any atom is 0.0342 e. The number of unbranched alkanes of at least 4 members (excludes halogenated alkanes) is 1. The summed E-state index contributed by atoms with van der Waals surface area (Å²) in [5.41, 5.74) is 0. The molecule has 0 aromatic heterocycles. The van der Waals surface area contributed by atoms with Crippen LogP contribution in [0.15, 0.2) is 0 Å². The van der Waals surface area contributed by atoms with Crippen LogP contribution in [-0.4, -0.2) is 15.7 Å². The van der Waals surface area contributed by atoms with Crippen LogP contribution in [0.1, 0.15) is 40.0 Å². The molecule has 68 valence electrons. The molecule has 0 saturated heterocycles. The van der Waals surface area contributed by atoms with Gasteiger partial charge < -0.3 is 0 Å². The summed E-state index contributed by atoms with van der Waals surface area (Å²) >= 11 is 0. The van der Waals surface area contributed by atoms with Gasteiger partial charge in [-0.3, -0.25) is 4.21 Å². The standard InChI is InChI=1S/C9H20OS/c1-5-6-7-8(2)9(3)11(4)10/h8-9H,5-7H2,1-4H3. The minimum atomic E-state index is -0.644. The lowest BCUT2D eigenvalue weighted by Gasteiger charge is -2.16. The van der Waals surface area contributed by atoms with Gasteiger partial charge in [0.15, 0.2) is 0 Å². The van der Waals surface area contributed by atoms with Crippen LogP contribution in [0, 0.1) is 5.92 Å². The molecule has 0 bridgehead atoms. The van der Waals surface area contributed by atoms with Gasteiger partial charge in [0.1, 0.15) is 0 Å². The molecule has 0 aromatic carbocycles. The van der Waals surface area contributed by atoms with Crippen LogP contribution in [0.3, 0.4) is 0 Å². The van der Waals surface area contributed by atoms with Crippen molar-refractivity contribution in [2.24, 2.45) is 5.92 Å². The molecule has 2 heteroatoms. The molecule has 3 atom stereocenters. The van der Waals surface area contributed by atoms with Crippen LogP contribution in [0.25, 0.3) is 0 Å². The van der Waals surface area contributed by atoms with Gasteiger partial charge >= 0.3 is 0 Å². The number of hydrogen-bond donors (Lipinski definition) is 0. The zero-order valence-electron chi connectivity index (χ0n) is 8.09. The molecule has 0 aliphatic carbocycles. The molecule has 0 N–H and O–H groups in total. The molecule has 0 aromatic rings. The second-order valence-electron chi connectivity index (χ2n) is 3.32. The predicted octanol–water partition coefficient (Wildman–Crippen LogP) is 2.58. The van der Waals surface area contributed by atoms with E-state index < -0.39 is 10.8 Å². The molecule has 0 heterocycles. The molecular weight excluding hydrogens is 156 g/mol. The minimum Gasteiger partial charge on any atom is -0.260 e. The van der Waals surface area contributed by atoms with Crippen LogP contribution >= 0.6 is 0 Å². The largest absolute Gasteiger partial charge is 0.260 e. The van der Waals surface area contributed by atoms with E-state index in [1.54, 1.807) is 6.26 Å². The Kier molecular flexibility index (Phi) is 5.83. The van der Waals surface area contributed by atoms with E-state index in [-0.39, 0.29) is 0 Å². The fourth-order valence-electron chi connectivity index (χ4n) is 1.09. The van der Waals surface area contributed by atoms with E-state index in [0.717, 1.165) is 0 Å². The van der Waals surface area contributed by atoms with E-state index in [0.29, 0.717) is 11.2 Å². The van der Waals surface area contributed by atoms with Crippen molar-refractivity contribution in [1.29, 1.82) is 0 Å².